The van der Waals surface area contributed by atoms with Gasteiger partial charge < -0.3 is 9.64 Å². The van der Waals surface area contributed by atoms with Gasteiger partial charge in [0.05, 0.1) is 34.6 Å². The summed E-state index contributed by atoms with van der Waals surface area (Å²) < 4.78 is 5.62. The van der Waals surface area contributed by atoms with E-state index in [1.807, 2.05) is 30.3 Å². The highest BCUT2D eigenvalue weighted by Crippen LogP contribution is 2.37. The molecule has 3 aromatic rings. The minimum Gasteiger partial charge on any atom is -0.482 e. The molecular formula is C22H19N3O2S. The number of nitrogens with zero attached hydrogens (tertiary/aromatic N) is 3. The van der Waals surface area contributed by atoms with Gasteiger partial charge in [0.25, 0.3) is 5.91 Å². The monoisotopic (exact) mass is 389 g/mol. The van der Waals surface area contributed by atoms with Crippen LogP contribution in [0.3, 0.4) is 0 Å². The molecule has 1 aromatic heterocycles. The minimum atomic E-state index is -0.0843. The summed E-state index contributed by atoms with van der Waals surface area (Å²) >= 11 is 1.66. The van der Waals surface area contributed by atoms with Crippen molar-refractivity contribution in [3.63, 3.8) is 0 Å². The zero-order valence-corrected chi connectivity index (χ0v) is 16.3. The Morgan fingerprint density at radius 2 is 2.07 bits per heavy atom. The van der Waals surface area contributed by atoms with Crippen LogP contribution >= 0.6 is 11.3 Å². The number of amides is 1. The van der Waals surface area contributed by atoms with Crippen molar-refractivity contribution < 1.29 is 9.53 Å². The van der Waals surface area contributed by atoms with Crippen LogP contribution in [0, 0.1) is 11.3 Å². The number of thiazole rings is 1. The molecule has 0 atom stereocenters. The highest BCUT2D eigenvalue weighted by Gasteiger charge is 2.26. The Bertz CT molecular complexity index is 1050. The Kier molecular flexibility index (Phi) is 5.09. The van der Waals surface area contributed by atoms with Crippen LogP contribution in [0.25, 0.3) is 11.3 Å². The van der Waals surface area contributed by atoms with Crippen molar-refractivity contribution in [2.24, 2.45) is 0 Å². The van der Waals surface area contributed by atoms with Crippen LogP contribution in [0.15, 0.2) is 47.8 Å². The standard InChI is InChI=1S/C22H19N3O2S/c1-2-3-21-24-18(14-28-21)17-8-9-20-19(10-17)25(22(26)13-27-20)12-16-6-4-15(11-23)5-7-16/h4-10,14H,2-3,12-13H2,1H3. The summed E-state index contributed by atoms with van der Waals surface area (Å²) in [6.45, 7) is 2.60. The Morgan fingerprint density at radius 3 is 2.82 bits per heavy atom. The lowest BCUT2D eigenvalue weighted by Crippen LogP contribution is -2.38. The maximum absolute atomic E-state index is 12.6. The summed E-state index contributed by atoms with van der Waals surface area (Å²) in [5.74, 6) is 0.611. The molecule has 28 heavy (non-hydrogen) atoms. The van der Waals surface area contributed by atoms with Gasteiger partial charge in [0.1, 0.15) is 5.75 Å². The Hall–Kier alpha value is -3.17. The molecule has 2 heterocycles. The van der Waals surface area contributed by atoms with Crippen LogP contribution in [0.2, 0.25) is 0 Å². The summed E-state index contributed by atoms with van der Waals surface area (Å²) in [7, 11) is 0. The molecule has 5 nitrogen and oxygen atoms in total. The van der Waals surface area contributed by atoms with Gasteiger partial charge in [-0.05, 0) is 48.7 Å². The maximum Gasteiger partial charge on any atom is 0.265 e. The van der Waals surface area contributed by atoms with E-state index in [1.165, 1.54) is 0 Å². The molecule has 0 aliphatic carbocycles. The van der Waals surface area contributed by atoms with Crippen LogP contribution in [-0.2, 0) is 17.8 Å². The molecule has 1 amide bonds. The lowest BCUT2D eigenvalue weighted by Gasteiger charge is -2.30. The number of anilines is 1. The van der Waals surface area contributed by atoms with E-state index in [2.05, 4.69) is 18.4 Å². The van der Waals surface area contributed by atoms with Crippen LogP contribution in [-0.4, -0.2) is 17.5 Å². The Labute approximate surface area is 167 Å². The van der Waals surface area contributed by atoms with Crippen LogP contribution in [0.1, 0.15) is 29.5 Å². The lowest BCUT2D eigenvalue weighted by molar-refractivity contribution is -0.121. The second kappa shape index (κ2) is 7.83. The van der Waals surface area contributed by atoms with Gasteiger partial charge in [-0.2, -0.15) is 5.26 Å². The zero-order valence-electron chi connectivity index (χ0n) is 15.5. The van der Waals surface area contributed by atoms with Gasteiger partial charge in [-0.3, -0.25) is 4.79 Å². The molecule has 0 fully saturated rings. The molecule has 0 saturated carbocycles. The van der Waals surface area contributed by atoms with E-state index in [4.69, 9.17) is 15.0 Å². The Balaban J connectivity index is 1.66. The molecule has 0 spiro atoms. The number of ether oxygens (including phenoxy) is 1. The summed E-state index contributed by atoms with van der Waals surface area (Å²) in [6, 6.07) is 15.3. The number of aryl methyl sites for hydroxylation is 1. The van der Waals surface area contributed by atoms with Gasteiger partial charge in [-0.15, -0.1) is 11.3 Å². The van der Waals surface area contributed by atoms with Crippen molar-refractivity contribution in [3.8, 4) is 23.1 Å². The van der Waals surface area contributed by atoms with Crippen molar-refractivity contribution in [1.82, 2.24) is 4.98 Å². The van der Waals surface area contributed by atoms with E-state index in [1.54, 1.807) is 28.4 Å². The molecule has 1 aliphatic rings. The molecule has 0 unspecified atom stereocenters. The number of rotatable bonds is 5. The number of hydrogen-bond donors (Lipinski definition) is 0. The highest BCUT2D eigenvalue weighted by atomic mass is 32.1. The van der Waals surface area contributed by atoms with Crippen molar-refractivity contribution >= 4 is 22.9 Å². The lowest BCUT2D eigenvalue weighted by atomic mass is 10.1. The first-order valence-corrected chi connectivity index (χ1v) is 10.1. The average Bonchev–Trinajstić information content (AvgIpc) is 3.19. The van der Waals surface area contributed by atoms with Gasteiger partial charge in [-0.1, -0.05) is 19.1 Å². The normalized spacial score (nSPS) is 13.0. The molecule has 0 N–H and O–H groups in total. The topological polar surface area (TPSA) is 66.2 Å². The SMILES string of the molecule is CCCc1nc(-c2ccc3c(c2)N(Cc2ccc(C#N)cc2)C(=O)CO3)cs1. The van der Waals surface area contributed by atoms with Crippen LogP contribution in [0.4, 0.5) is 5.69 Å². The fraction of sp³-hybridized carbons (Fsp3) is 0.227. The van der Waals surface area contributed by atoms with E-state index in [0.717, 1.165) is 40.4 Å². The molecular weight excluding hydrogens is 370 g/mol. The first kappa shape index (κ1) is 18.2. The number of aromatic nitrogens is 1. The average molecular weight is 389 g/mol. The fourth-order valence-electron chi connectivity index (χ4n) is 3.17. The van der Waals surface area contributed by atoms with Gasteiger partial charge in [0.2, 0.25) is 0 Å². The summed E-state index contributed by atoms with van der Waals surface area (Å²) in [6.07, 6.45) is 2.04. The summed E-state index contributed by atoms with van der Waals surface area (Å²) in [4.78, 5) is 19.0. The van der Waals surface area contributed by atoms with Crippen molar-refractivity contribution in [3.05, 3.63) is 64.0 Å². The molecule has 2 aromatic carbocycles. The van der Waals surface area contributed by atoms with E-state index in [0.29, 0.717) is 17.9 Å². The minimum absolute atomic E-state index is 0.0278. The number of benzene rings is 2. The number of nitriles is 1. The van der Waals surface area contributed by atoms with E-state index in [-0.39, 0.29) is 12.5 Å². The van der Waals surface area contributed by atoms with Crippen molar-refractivity contribution in [2.75, 3.05) is 11.5 Å². The molecule has 1 aliphatic heterocycles. The molecule has 6 heteroatoms. The second-order valence-electron chi connectivity index (χ2n) is 6.64. The number of fused-ring (bicyclic) bond motifs is 1. The number of carbonyl (C=O) groups is 1. The molecule has 0 bridgehead atoms. The van der Waals surface area contributed by atoms with E-state index in [9.17, 15) is 4.79 Å². The maximum atomic E-state index is 12.6. The third-order valence-electron chi connectivity index (χ3n) is 4.64. The van der Waals surface area contributed by atoms with E-state index >= 15 is 0 Å². The van der Waals surface area contributed by atoms with Gasteiger partial charge >= 0.3 is 0 Å². The predicted octanol–water partition coefficient (Wildman–Crippen LogP) is 4.56. The predicted molar refractivity (Wildman–Crippen MR) is 109 cm³/mol. The van der Waals surface area contributed by atoms with Crippen LogP contribution < -0.4 is 9.64 Å². The fourth-order valence-corrected chi connectivity index (χ4v) is 4.08. The van der Waals surface area contributed by atoms with Crippen LogP contribution in [0.5, 0.6) is 5.75 Å². The quantitative estimate of drug-likeness (QED) is 0.642. The first-order valence-electron chi connectivity index (χ1n) is 9.19. The smallest absolute Gasteiger partial charge is 0.265 e. The molecule has 0 radical (unpaired) electrons. The van der Waals surface area contributed by atoms with Gasteiger partial charge in [0, 0.05) is 10.9 Å². The van der Waals surface area contributed by atoms with Crippen molar-refractivity contribution in [1.29, 1.82) is 5.26 Å². The summed E-state index contributed by atoms with van der Waals surface area (Å²) in [5.41, 5.74) is 4.21. The molecule has 0 saturated heterocycles. The molecule has 4 rings (SSSR count). The zero-order chi connectivity index (χ0) is 19.5. The van der Waals surface area contributed by atoms with E-state index < -0.39 is 0 Å². The van der Waals surface area contributed by atoms with Crippen molar-refractivity contribution in [2.45, 2.75) is 26.3 Å². The Morgan fingerprint density at radius 1 is 1.25 bits per heavy atom. The third kappa shape index (κ3) is 3.62. The third-order valence-corrected chi connectivity index (χ3v) is 5.55. The van der Waals surface area contributed by atoms with Gasteiger partial charge in [-0.25, -0.2) is 4.98 Å². The number of carbonyl (C=O) groups excluding carboxylic acids is 1. The van der Waals surface area contributed by atoms with Gasteiger partial charge in [0.15, 0.2) is 6.61 Å². The first-order chi connectivity index (χ1) is 13.7. The number of hydrogen-bond acceptors (Lipinski definition) is 5. The summed E-state index contributed by atoms with van der Waals surface area (Å²) in [5, 5.41) is 12.1. The second-order valence-corrected chi connectivity index (χ2v) is 7.58. The molecule has 140 valence electrons. The largest absolute Gasteiger partial charge is 0.482 e. The highest BCUT2D eigenvalue weighted by molar-refractivity contribution is 7.09.